The van der Waals surface area contributed by atoms with Gasteiger partial charge in [0, 0.05) is 11.6 Å². The van der Waals surface area contributed by atoms with Gasteiger partial charge in [0.05, 0.1) is 0 Å². The van der Waals surface area contributed by atoms with Crippen LogP contribution < -0.4 is 10.1 Å². The fourth-order valence-corrected chi connectivity index (χ4v) is 2.11. The zero-order valence-corrected chi connectivity index (χ0v) is 12.6. The minimum Gasteiger partial charge on any atom is -0.481 e. The maximum Gasteiger partial charge on any atom is 0.261 e. The highest BCUT2D eigenvalue weighted by molar-refractivity contribution is 6.30. The van der Waals surface area contributed by atoms with Crippen molar-refractivity contribution in [2.75, 3.05) is 0 Å². The van der Waals surface area contributed by atoms with Gasteiger partial charge < -0.3 is 10.1 Å². The van der Waals surface area contributed by atoms with Crippen LogP contribution in [-0.4, -0.2) is 12.0 Å². The minimum absolute atomic E-state index is 0.124. The Balaban J connectivity index is 1.92. The number of hydrogen-bond acceptors (Lipinski definition) is 2. The first-order valence-corrected chi connectivity index (χ1v) is 7.30. The molecule has 0 saturated carbocycles. The molecule has 2 aromatic carbocycles. The number of hydrogen-bond donors (Lipinski definition) is 1. The van der Waals surface area contributed by atoms with E-state index in [0.29, 0.717) is 23.7 Å². The lowest BCUT2D eigenvalue weighted by Crippen LogP contribution is -2.37. The third-order valence-electron chi connectivity index (χ3n) is 3.05. The van der Waals surface area contributed by atoms with Crippen LogP contribution in [0.5, 0.6) is 5.75 Å². The molecule has 0 heterocycles. The van der Waals surface area contributed by atoms with Gasteiger partial charge in [0.25, 0.3) is 5.91 Å². The molecule has 1 atom stereocenters. The molecule has 1 N–H and O–H groups in total. The Morgan fingerprint density at radius 3 is 2.62 bits per heavy atom. The lowest BCUT2D eigenvalue weighted by molar-refractivity contribution is -0.128. The van der Waals surface area contributed by atoms with E-state index in [1.807, 2.05) is 37.3 Å². The van der Waals surface area contributed by atoms with Crippen molar-refractivity contribution in [2.24, 2.45) is 0 Å². The molecule has 0 unspecified atom stereocenters. The van der Waals surface area contributed by atoms with Gasteiger partial charge in [-0.05, 0) is 30.2 Å². The summed E-state index contributed by atoms with van der Waals surface area (Å²) in [6, 6.07) is 16.8. The second-order valence-electron chi connectivity index (χ2n) is 4.68. The van der Waals surface area contributed by atoms with Crippen molar-refractivity contribution in [3.05, 3.63) is 65.2 Å². The maximum atomic E-state index is 12.2. The number of nitrogens with one attached hydrogen (secondary N) is 1. The van der Waals surface area contributed by atoms with Crippen molar-refractivity contribution in [1.82, 2.24) is 5.32 Å². The summed E-state index contributed by atoms with van der Waals surface area (Å²) in [4.78, 5) is 12.2. The second-order valence-corrected chi connectivity index (χ2v) is 5.11. The summed E-state index contributed by atoms with van der Waals surface area (Å²) >= 11 is 5.91. The zero-order chi connectivity index (χ0) is 15.1. The third-order valence-corrected chi connectivity index (χ3v) is 3.28. The first-order chi connectivity index (χ1) is 10.2. The first kappa shape index (κ1) is 15.4. The average Bonchev–Trinajstić information content (AvgIpc) is 2.51. The lowest BCUT2D eigenvalue weighted by Gasteiger charge is -2.17. The SMILES string of the molecule is CC[C@@H](Oc1cccc(Cl)c1)C(=O)NCc1ccccc1. The number of carbonyl (C=O) groups is 1. The minimum atomic E-state index is -0.521. The molecule has 0 aromatic heterocycles. The van der Waals surface area contributed by atoms with Gasteiger partial charge in [0.2, 0.25) is 0 Å². The fourth-order valence-electron chi connectivity index (χ4n) is 1.93. The van der Waals surface area contributed by atoms with E-state index in [-0.39, 0.29) is 5.91 Å². The van der Waals surface area contributed by atoms with Crippen LogP contribution >= 0.6 is 11.6 Å². The van der Waals surface area contributed by atoms with E-state index in [0.717, 1.165) is 5.56 Å². The summed E-state index contributed by atoms with van der Waals surface area (Å²) in [5.41, 5.74) is 1.06. The zero-order valence-electron chi connectivity index (χ0n) is 11.9. The van der Waals surface area contributed by atoms with E-state index in [4.69, 9.17) is 16.3 Å². The molecule has 0 fully saturated rings. The highest BCUT2D eigenvalue weighted by Gasteiger charge is 2.18. The third kappa shape index (κ3) is 4.80. The highest BCUT2D eigenvalue weighted by atomic mass is 35.5. The number of carbonyl (C=O) groups excluding carboxylic acids is 1. The summed E-state index contributed by atoms with van der Waals surface area (Å²) in [5, 5.41) is 3.48. The molecular formula is C17H18ClNO2. The largest absolute Gasteiger partial charge is 0.481 e. The molecule has 4 heteroatoms. The van der Waals surface area contributed by atoms with Crippen LogP contribution in [0.2, 0.25) is 5.02 Å². The molecule has 2 aromatic rings. The molecule has 2 rings (SSSR count). The molecular weight excluding hydrogens is 286 g/mol. The number of ether oxygens (including phenoxy) is 1. The Morgan fingerprint density at radius 2 is 1.95 bits per heavy atom. The van der Waals surface area contributed by atoms with Crippen LogP contribution in [0.4, 0.5) is 0 Å². The molecule has 21 heavy (non-hydrogen) atoms. The van der Waals surface area contributed by atoms with E-state index in [1.54, 1.807) is 24.3 Å². The highest BCUT2D eigenvalue weighted by Crippen LogP contribution is 2.19. The second kappa shape index (κ2) is 7.70. The summed E-state index contributed by atoms with van der Waals surface area (Å²) < 4.78 is 5.70. The Kier molecular flexibility index (Phi) is 5.64. The summed E-state index contributed by atoms with van der Waals surface area (Å²) in [7, 11) is 0. The number of rotatable bonds is 6. The normalized spacial score (nSPS) is 11.7. The number of amides is 1. The number of halogens is 1. The summed E-state index contributed by atoms with van der Waals surface area (Å²) in [6.07, 6.45) is 0.0693. The predicted octanol–water partition coefficient (Wildman–Crippen LogP) is 3.81. The molecule has 0 spiro atoms. The fraction of sp³-hybridized carbons (Fsp3) is 0.235. The standard InChI is InChI=1S/C17H18ClNO2/c1-2-16(21-15-10-6-9-14(18)11-15)17(20)19-12-13-7-4-3-5-8-13/h3-11,16H,2,12H2,1H3,(H,19,20)/t16-/m1/s1. The molecule has 0 aliphatic carbocycles. The van der Waals surface area contributed by atoms with Crippen molar-refractivity contribution in [3.63, 3.8) is 0 Å². The van der Waals surface area contributed by atoms with Gasteiger partial charge in [-0.1, -0.05) is 54.9 Å². The number of benzene rings is 2. The van der Waals surface area contributed by atoms with Crippen LogP contribution in [0, 0.1) is 0 Å². The van der Waals surface area contributed by atoms with Crippen LogP contribution in [0.1, 0.15) is 18.9 Å². The topological polar surface area (TPSA) is 38.3 Å². The van der Waals surface area contributed by atoms with Crippen molar-refractivity contribution in [3.8, 4) is 5.75 Å². The van der Waals surface area contributed by atoms with E-state index < -0.39 is 6.10 Å². The van der Waals surface area contributed by atoms with E-state index in [9.17, 15) is 4.79 Å². The molecule has 0 aliphatic rings. The molecule has 1 amide bonds. The van der Waals surface area contributed by atoms with Crippen molar-refractivity contribution in [1.29, 1.82) is 0 Å². The van der Waals surface area contributed by atoms with Gasteiger partial charge >= 0.3 is 0 Å². The van der Waals surface area contributed by atoms with E-state index in [2.05, 4.69) is 5.32 Å². The first-order valence-electron chi connectivity index (χ1n) is 6.93. The maximum absolute atomic E-state index is 12.2. The Bertz CT molecular complexity index is 586. The van der Waals surface area contributed by atoms with Crippen molar-refractivity contribution in [2.45, 2.75) is 26.0 Å². The van der Waals surface area contributed by atoms with Crippen molar-refractivity contribution >= 4 is 17.5 Å². The quantitative estimate of drug-likeness (QED) is 0.881. The predicted molar refractivity (Wildman–Crippen MR) is 84.4 cm³/mol. The summed E-state index contributed by atoms with van der Waals surface area (Å²) in [6.45, 7) is 2.41. The Labute approximate surface area is 129 Å². The van der Waals surface area contributed by atoms with Crippen LogP contribution in [0.15, 0.2) is 54.6 Å². The average molecular weight is 304 g/mol. The van der Waals surface area contributed by atoms with Gasteiger partial charge in [0.1, 0.15) is 5.75 Å². The molecule has 0 saturated heterocycles. The molecule has 110 valence electrons. The van der Waals surface area contributed by atoms with Crippen LogP contribution in [-0.2, 0) is 11.3 Å². The Hall–Kier alpha value is -2.00. The smallest absolute Gasteiger partial charge is 0.261 e. The lowest BCUT2D eigenvalue weighted by atomic mass is 10.2. The van der Waals surface area contributed by atoms with Crippen LogP contribution in [0.3, 0.4) is 0 Å². The van der Waals surface area contributed by atoms with Gasteiger partial charge in [-0.2, -0.15) is 0 Å². The Morgan fingerprint density at radius 1 is 1.19 bits per heavy atom. The van der Waals surface area contributed by atoms with Gasteiger partial charge in [-0.3, -0.25) is 4.79 Å². The van der Waals surface area contributed by atoms with Gasteiger partial charge in [-0.25, -0.2) is 0 Å². The molecule has 0 bridgehead atoms. The van der Waals surface area contributed by atoms with Gasteiger partial charge in [0.15, 0.2) is 6.10 Å². The molecule has 0 aliphatic heterocycles. The summed E-state index contributed by atoms with van der Waals surface area (Å²) in [5.74, 6) is 0.477. The molecule has 3 nitrogen and oxygen atoms in total. The van der Waals surface area contributed by atoms with E-state index in [1.165, 1.54) is 0 Å². The monoisotopic (exact) mass is 303 g/mol. The van der Waals surface area contributed by atoms with Crippen molar-refractivity contribution < 1.29 is 9.53 Å². The van der Waals surface area contributed by atoms with Gasteiger partial charge in [-0.15, -0.1) is 0 Å². The van der Waals surface area contributed by atoms with E-state index >= 15 is 0 Å². The van der Waals surface area contributed by atoms with Crippen LogP contribution in [0.25, 0.3) is 0 Å². The molecule has 0 radical (unpaired) electrons.